The highest BCUT2D eigenvalue weighted by Gasteiger charge is 2.30. The van der Waals surface area contributed by atoms with Gasteiger partial charge in [0.25, 0.3) is 0 Å². The Morgan fingerprint density at radius 3 is 2.73 bits per heavy atom. The molecule has 2 saturated heterocycles. The summed E-state index contributed by atoms with van der Waals surface area (Å²) in [6, 6.07) is 3.89. The Kier molecular flexibility index (Phi) is 9.17. The summed E-state index contributed by atoms with van der Waals surface area (Å²) in [5.74, 6) is 1.27. The van der Waals surface area contributed by atoms with Crippen molar-refractivity contribution in [3.05, 3.63) is 24.2 Å². The highest BCUT2D eigenvalue weighted by molar-refractivity contribution is 14.0. The number of aliphatic imine (C=N–C) groups is 1. The normalized spacial score (nSPS) is 22.2. The lowest BCUT2D eigenvalue weighted by atomic mass is 10.2. The first-order valence-electron chi connectivity index (χ1n) is 9.18. The van der Waals surface area contributed by atoms with Crippen LogP contribution in [-0.2, 0) is 20.6 Å². The van der Waals surface area contributed by atoms with E-state index in [4.69, 9.17) is 18.6 Å². The van der Waals surface area contributed by atoms with Gasteiger partial charge in [0.15, 0.2) is 11.7 Å². The lowest BCUT2D eigenvalue weighted by Gasteiger charge is -2.23. The van der Waals surface area contributed by atoms with E-state index in [1.54, 1.807) is 6.26 Å². The number of halogens is 1. The number of hydrogen-bond donors (Lipinski definition) is 2. The highest BCUT2D eigenvalue weighted by Crippen LogP contribution is 2.21. The van der Waals surface area contributed by atoms with Crippen LogP contribution in [-0.4, -0.2) is 57.3 Å². The number of nitrogens with zero attached hydrogens (tertiary/aromatic N) is 1. The third-order valence-corrected chi connectivity index (χ3v) is 4.49. The predicted molar refractivity (Wildman–Crippen MR) is 110 cm³/mol. The first-order valence-corrected chi connectivity index (χ1v) is 9.18. The van der Waals surface area contributed by atoms with Crippen LogP contribution in [0.5, 0.6) is 0 Å². The predicted octanol–water partition coefficient (Wildman–Crippen LogP) is 2.31. The summed E-state index contributed by atoms with van der Waals surface area (Å²) in [5, 5.41) is 6.73. The van der Waals surface area contributed by atoms with Crippen LogP contribution in [0.25, 0.3) is 0 Å². The largest absolute Gasteiger partial charge is 0.469 e. The fourth-order valence-electron chi connectivity index (χ4n) is 3.02. The van der Waals surface area contributed by atoms with E-state index < -0.39 is 5.79 Å². The van der Waals surface area contributed by atoms with Gasteiger partial charge < -0.3 is 29.3 Å². The van der Waals surface area contributed by atoms with Crippen molar-refractivity contribution in [2.24, 2.45) is 4.99 Å². The summed E-state index contributed by atoms with van der Waals surface area (Å²) < 4.78 is 22.3. The van der Waals surface area contributed by atoms with Crippen LogP contribution < -0.4 is 10.6 Å². The molecule has 8 heteroatoms. The molecule has 7 nitrogen and oxygen atoms in total. The average Bonchev–Trinajstić information content (AvgIpc) is 3.35. The van der Waals surface area contributed by atoms with Crippen molar-refractivity contribution in [2.75, 3.05) is 39.5 Å². The molecule has 3 heterocycles. The fourth-order valence-corrected chi connectivity index (χ4v) is 3.02. The van der Waals surface area contributed by atoms with Crippen LogP contribution in [0.4, 0.5) is 0 Å². The van der Waals surface area contributed by atoms with Gasteiger partial charge >= 0.3 is 0 Å². The third-order valence-electron chi connectivity index (χ3n) is 4.49. The van der Waals surface area contributed by atoms with Gasteiger partial charge in [-0.1, -0.05) is 0 Å². The molecule has 0 spiro atoms. The van der Waals surface area contributed by atoms with Crippen molar-refractivity contribution in [1.29, 1.82) is 0 Å². The van der Waals surface area contributed by atoms with Gasteiger partial charge in [-0.05, 0) is 31.9 Å². The molecule has 2 N–H and O–H groups in total. The van der Waals surface area contributed by atoms with Crippen molar-refractivity contribution in [3.63, 3.8) is 0 Å². The lowest BCUT2D eigenvalue weighted by Crippen LogP contribution is -2.41. The number of ether oxygens (including phenoxy) is 3. The zero-order valence-corrected chi connectivity index (χ0v) is 17.7. The molecular formula is C18H30IN3O4. The van der Waals surface area contributed by atoms with Gasteiger partial charge in [0.1, 0.15) is 5.76 Å². The van der Waals surface area contributed by atoms with Gasteiger partial charge in [-0.2, -0.15) is 0 Å². The minimum atomic E-state index is -0.485. The van der Waals surface area contributed by atoms with Gasteiger partial charge in [0.2, 0.25) is 0 Å². The molecule has 0 aromatic carbocycles. The molecule has 1 atom stereocenters. The molecule has 1 aromatic rings. The Labute approximate surface area is 172 Å². The van der Waals surface area contributed by atoms with E-state index in [2.05, 4.69) is 15.6 Å². The second kappa shape index (κ2) is 11.1. The highest BCUT2D eigenvalue weighted by atomic mass is 127. The van der Waals surface area contributed by atoms with E-state index in [9.17, 15) is 0 Å². The van der Waals surface area contributed by atoms with Crippen LogP contribution in [0.1, 0.15) is 31.9 Å². The summed E-state index contributed by atoms with van der Waals surface area (Å²) in [6.45, 7) is 6.33. The van der Waals surface area contributed by atoms with E-state index in [0.717, 1.165) is 57.1 Å². The molecular weight excluding hydrogens is 449 g/mol. The molecule has 2 aliphatic rings. The molecule has 0 aliphatic carbocycles. The van der Waals surface area contributed by atoms with Crippen LogP contribution in [0.3, 0.4) is 0 Å². The van der Waals surface area contributed by atoms with Crippen LogP contribution in [0.15, 0.2) is 27.8 Å². The zero-order valence-electron chi connectivity index (χ0n) is 15.4. The molecule has 0 bridgehead atoms. The summed E-state index contributed by atoms with van der Waals surface area (Å²) in [5.41, 5.74) is 0. The minimum absolute atomic E-state index is 0. The maximum Gasteiger partial charge on any atom is 0.191 e. The van der Waals surface area contributed by atoms with Crippen molar-refractivity contribution in [1.82, 2.24) is 10.6 Å². The molecule has 0 amide bonds. The molecule has 2 aliphatic heterocycles. The van der Waals surface area contributed by atoms with Crippen molar-refractivity contribution >= 4 is 29.9 Å². The Morgan fingerprint density at radius 1 is 1.23 bits per heavy atom. The maximum atomic E-state index is 5.65. The fraction of sp³-hybridized carbons (Fsp3) is 0.722. The number of nitrogens with one attached hydrogen (secondary N) is 2. The number of guanidine groups is 1. The topological polar surface area (TPSA) is 77.3 Å². The monoisotopic (exact) mass is 479 g/mol. The molecule has 0 saturated carbocycles. The second-order valence-electron chi connectivity index (χ2n) is 6.59. The first-order chi connectivity index (χ1) is 12.2. The number of rotatable bonds is 8. The Hall–Kier alpha value is -0.840. The summed E-state index contributed by atoms with van der Waals surface area (Å²) in [6.07, 6.45) is 5.74. The molecule has 1 unspecified atom stereocenters. The molecule has 148 valence electrons. The van der Waals surface area contributed by atoms with E-state index in [-0.39, 0.29) is 30.1 Å². The number of hydrogen-bond acceptors (Lipinski definition) is 5. The van der Waals surface area contributed by atoms with Crippen LogP contribution in [0, 0.1) is 0 Å². The van der Waals surface area contributed by atoms with E-state index in [0.29, 0.717) is 19.8 Å². The zero-order chi connectivity index (χ0) is 17.4. The Bertz CT molecular complexity index is 527. The van der Waals surface area contributed by atoms with Gasteiger partial charge in [0, 0.05) is 32.5 Å². The maximum absolute atomic E-state index is 5.65. The van der Waals surface area contributed by atoms with Crippen molar-refractivity contribution in [2.45, 2.75) is 44.5 Å². The number of furan rings is 1. The van der Waals surface area contributed by atoms with Gasteiger partial charge in [0.05, 0.1) is 32.1 Å². The van der Waals surface area contributed by atoms with Gasteiger partial charge in [-0.3, -0.25) is 4.99 Å². The van der Waals surface area contributed by atoms with E-state index >= 15 is 0 Å². The SMILES string of the molecule is CC1(CCNC(=NCC2CCCO2)NCCc2ccco2)OCCO1.I. The quantitative estimate of drug-likeness (QED) is 0.339. The lowest BCUT2D eigenvalue weighted by molar-refractivity contribution is -0.145. The smallest absolute Gasteiger partial charge is 0.191 e. The van der Waals surface area contributed by atoms with Crippen LogP contribution >= 0.6 is 24.0 Å². The first kappa shape index (κ1) is 21.5. The van der Waals surface area contributed by atoms with Crippen molar-refractivity contribution < 1.29 is 18.6 Å². The molecule has 1 aromatic heterocycles. The third kappa shape index (κ3) is 7.05. The van der Waals surface area contributed by atoms with E-state index in [1.165, 1.54) is 0 Å². The molecule has 26 heavy (non-hydrogen) atoms. The molecule has 0 radical (unpaired) electrons. The Balaban J connectivity index is 0.00000243. The van der Waals surface area contributed by atoms with Gasteiger partial charge in [-0.15, -0.1) is 24.0 Å². The molecule has 3 rings (SSSR count). The standard InChI is InChI=1S/C18H29N3O4.HI/c1-18(24-12-13-25-18)7-9-20-17(21-14-16-5-3-11-23-16)19-8-6-15-4-2-10-22-15;/h2,4,10,16H,3,5-9,11-14H2,1H3,(H2,19,20,21);1H. The van der Waals surface area contributed by atoms with Crippen LogP contribution in [0.2, 0.25) is 0 Å². The Morgan fingerprint density at radius 2 is 2.04 bits per heavy atom. The van der Waals surface area contributed by atoms with E-state index in [1.807, 2.05) is 19.1 Å². The summed E-state index contributed by atoms with van der Waals surface area (Å²) in [4.78, 5) is 4.67. The molecule has 2 fully saturated rings. The minimum Gasteiger partial charge on any atom is -0.469 e. The van der Waals surface area contributed by atoms with Gasteiger partial charge in [-0.25, -0.2) is 0 Å². The second-order valence-corrected chi connectivity index (χ2v) is 6.59. The van der Waals surface area contributed by atoms with Crippen molar-refractivity contribution in [3.8, 4) is 0 Å². The summed E-state index contributed by atoms with van der Waals surface area (Å²) in [7, 11) is 0. The average molecular weight is 479 g/mol. The summed E-state index contributed by atoms with van der Waals surface area (Å²) >= 11 is 0.